The number of para-hydroxylation sites is 1. The Balaban J connectivity index is 0.00000300. The zero-order chi connectivity index (χ0) is 29.2. The Morgan fingerprint density at radius 1 is 0.644 bits per heavy atom. The maximum Gasteiger partial charge on any atom is 2.00 e. The number of aryl methyl sites for hydroxylation is 1. The molecule has 0 atom stereocenters. The van der Waals surface area contributed by atoms with E-state index in [0.717, 1.165) is 66.3 Å². The summed E-state index contributed by atoms with van der Waals surface area (Å²) in [4.78, 5) is 14.5. The molecule has 0 aliphatic carbocycles. The van der Waals surface area contributed by atoms with Crippen molar-refractivity contribution in [3.63, 3.8) is 0 Å². The van der Waals surface area contributed by atoms with Crippen molar-refractivity contribution < 1.29 is 25.8 Å². The van der Waals surface area contributed by atoms with E-state index in [4.69, 9.17) is 14.7 Å². The van der Waals surface area contributed by atoms with Crippen LogP contribution in [0.2, 0.25) is 0 Å². The van der Waals surface area contributed by atoms with Crippen LogP contribution in [0.25, 0.3) is 66.3 Å². The molecule has 0 bridgehead atoms. The van der Waals surface area contributed by atoms with Gasteiger partial charge in [-0.25, -0.2) is 9.97 Å². The van der Waals surface area contributed by atoms with Gasteiger partial charge in [0.2, 0.25) is 0 Å². The molecule has 0 amide bonds. The van der Waals surface area contributed by atoms with Crippen molar-refractivity contribution in [2.75, 3.05) is 0 Å². The molecular weight excluding hydrogens is 738 g/mol. The molecule has 0 saturated carbocycles. The van der Waals surface area contributed by atoms with Gasteiger partial charge in [-0.2, -0.15) is 6.07 Å². The second-order valence-electron chi connectivity index (χ2n) is 10.8. The molecule has 9 aromatic rings. The number of pyridine rings is 3. The Bertz CT molecular complexity index is 2550. The van der Waals surface area contributed by atoms with E-state index in [1.54, 1.807) is 6.20 Å². The van der Waals surface area contributed by atoms with Gasteiger partial charge in [0.1, 0.15) is 11.5 Å². The second-order valence-corrected chi connectivity index (χ2v) is 10.8. The third-order valence-corrected chi connectivity index (χ3v) is 8.23. The Morgan fingerprint density at radius 2 is 1.40 bits per heavy atom. The third-order valence-electron chi connectivity index (χ3n) is 8.23. The van der Waals surface area contributed by atoms with E-state index in [2.05, 4.69) is 87.7 Å². The molecule has 0 saturated heterocycles. The van der Waals surface area contributed by atoms with Crippen LogP contribution < -0.4 is 4.74 Å². The van der Waals surface area contributed by atoms with Crippen LogP contribution in [-0.2, 0) is 21.1 Å². The van der Waals surface area contributed by atoms with E-state index in [0.29, 0.717) is 11.5 Å². The summed E-state index contributed by atoms with van der Waals surface area (Å²) in [6.07, 6.45) is 5.69. The van der Waals surface area contributed by atoms with Crippen molar-refractivity contribution in [1.29, 1.82) is 0 Å². The van der Waals surface area contributed by atoms with Crippen molar-refractivity contribution in [1.82, 2.24) is 23.9 Å². The molecule has 6 nitrogen and oxygen atoms in total. The molecule has 45 heavy (non-hydrogen) atoms. The van der Waals surface area contributed by atoms with E-state index in [1.165, 1.54) is 5.56 Å². The van der Waals surface area contributed by atoms with Crippen LogP contribution in [-0.4, -0.2) is 23.9 Å². The van der Waals surface area contributed by atoms with Crippen molar-refractivity contribution in [3.05, 3.63) is 139 Å². The molecule has 0 unspecified atom stereocenters. The minimum Gasteiger partial charge on any atom is -0.503 e. The molecule has 5 heterocycles. The maximum absolute atomic E-state index is 6.46. The summed E-state index contributed by atoms with van der Waals surface area (Å²) in [7, 11) is 0. The van der Waals surface area contributed by atoms with Gasteiger partial charge in [0.15, 0.2) is 0 Å². The minimum atomic E-state index is 0. The van der Waals surface area contributed by atoms with Gasteiger partial charge in [0.05, 0.1) is 11.3 Å². The van der Waals surface area contributed by atoms with Crippen molar-refractivity contribution in [2.45, 2.75) is 6.92 Å². The average molecular weight is 761 g/mol. The maximum atomic E-state index is 6.46. The number of fused-ring (bicyclic) bond motifs is 9. The molecule has 0 aliphatic rings. The molecule has 0 fully saturated rings. The average Bonchev–Trinajstić information content (AvgIpc) is 3.66. The van der Waals surface area contributed by atoms with Crippen LogP contribution in [0, 0.1) is 19.1 Å². The quantitative estimate of drug-likeness (QED) is 0.133. The van der Waals surface area contributed by atoms with Gasteiger partial charge in [-0.3, -0.25) is 4.98 Å². The molecule has 5 aromatic heterocycles. The van der Waals surface area contributed by atoms with E-state index >= 15 is 0 Å². The molecule has 0 radical (unpaired) electrons. The molecule has 216 valence electrons. The predicted octanol–water partition coefficient (Wildman–Crippen LogP) is 8.89. The fraction of sp³-hybridized carbons (Fsp3) is 0.0263. The Hall–Kier alpha value is -5.32. The number of rotatable bonds is 4. The second kappa shape index (κ2) is 10.7. The summed E-state index contributed by atoms with van der Waals surface area (Å²) in [6, 6.07) is 41.7. The fourth-order valence-corrected chi connectivity index (χ4v) is 6.22. The Kier molecular flexibility index (Phi) is 6.47. The van der Waals surface area contributed by atoms with Gasteiger partial charge < -0.3 is 13.7 Å². The SMILES string of the molecule is Cc1ccccc1-c1cn2c(n1)c1[c-]c(Oc3[c-]c4c(cc3)c3ccccc3n4-c3ccccn3)ccc1c1cccnc12.[Pt+2]. The molecule has 0 N–H and O–H groups in total. The summed E-state index contributed by atoms with van der Waals surface area (Å²) in [6.45, 7) is 2.10. The van der Waals surface area contributed by atoms with Gasteiger partial charge in [0, 0.05) is 41.2 Å². The number of hydrogen-bond acceptors (Lipinski definition) is 4. The minimum absolute atomic E-state index is 0. The van der Waals surface area contributed by atoms with Gasteiger partial charge in [-0.15, -0.1) is 29.7 Å². The number of ether oxygens (including phenoxy) is 1. The van der Waals surface area contributed by atoms with Crippen LogP contribution in [0.4, 0.5) is 0 Å². The predicted molar refractivity (Wildman–Crippen MR) is 174 cm³/mol. The monoisotopic (exact) mass is 760 g/mol. The van der Waals surface area contributed by atoms with Gasteiger partial charge in [-0.05, 0) is 47.5 Å². The summed E-state index contributed by atoms with van der Waals surface area (Å²) >= 11 is 0. The molecular formula is C38H23N5OPt. The molecule has 4 aromatic carbocycles. The first kappa shape index (κ1) is 27.2. The number of nitrogens with zero attached hydrogens (tertiary/aromatic N) is 5. The van der Waals surface area contributed by atoms with Gasteiger partial charge in [-0.1, -0.05) is 77.0 Å². The fourth-order valence-electron chi connectivity index (χ4n) is 6.22. The van der Waals surface area contributed by atoms with Crippen molar-refractivity contribution in [3.8, 4) is 28.6 Å². The first-order valence-corrected chi connectivity index (χ1v) is 14.5. The molecule has 0 aliphatic heterocycles. The third kappa shape index (κ3) is 4.33. The summed E-state index contributed by atoms with van der Waals surface area (Å²) < 4.78 is 10.6. The Labute approximate surface area is 272 Å². The number of hydrogen-bond donors (Lipinski definition) is 0. The zero-order valence-electron chi connectivity index (χ0n) is 24.0. The van der Waals surface area contributed by atoms with Crippen molar-refractivity contribution >= 4 is 49.3 Å². The van der Waals surface area contributed by atoms with Crippen LogP contribution >= 0.6 is 0 Å². The topological polar surface area (TPSA) is 57.2 Å². The summed E-state index contributed by atoms with van der Waals surface area (Å²) in [5, 5.41) is 5.14. The Morgan fingerprint density at radius 3 is 2.27 bits per heavy atom. The normalized spacial score (nSPS) is 11.5. The van der Waals surface area contributed by atoms with E-state index in [-0.39, 0.29) is 21.1 Å². The molecule has 0 spiro atoms. The van der Waals surface area contributed by atoms with Gasteiger partial charge >= 0.3 is 21.1 Å². The largest absolute Gasteiger partial charge is 2.00 e. The van der Waals surface area contributed by atoms with E-state index in [1.807, 2.05) is 60.8 Å². The first-order chi connectivity index (χ1) is 21.7. The molecule has 9 rings (SSSR count). The van der Waals surface area contributed by atoms with Gasteiger partial charge in [0.25, 0.3) is 0 Å². The standard InChI is InChI=1S/C38H23N5O.Pt/c1-24-9-2-3-10-27(24)33-23-42-37-31(12-8-20-40-37)28-17-15-25(21-32(28)38(42)41-33)44-26-16-18-30-29-11-4-5-13-34(29)43(35(30)22-26)36-14-6-7-19-39-36;/h2-20,23H,1H3;/q-2;+2. The van der Waals surface area contributed by atoms with Crippen molar-refractivity contribution in [2.24, 2.45) is 0 Å². The zero-order valence-corrected chi connectivity index (χ0v) is 26.3. The van der Waals surface area contributed by atoms with E-state index in [9.17, 15) is 0 Å². The number of imidazole rings is 1. The van der Waals surface area contributed by atoms with E-state index < -0.39 is 0 Å². The summed E-state index contributed by atoms with van der Waals surface area (Å²) in [5.74, 6) is 2.01. The van der Waals surface area contributed by atoms with Crippen LogP contribution in [0.1, 0.15) is 5.56 Å². The number of benzene rings is 4. The van der Waals surface area contributed by atoms with Crippen LogP contribution in [0.5, 0.6) is 11.5 Å². The summed E-state index contributed by atoms with van der Waals surface area (Å²) in [5.41, 5.74) is 6.75. The van der Waals surface area contributed by atoms with Crippen LogP contribution in [0.3, 0.4) is 0 Å². The molecule has 7 heteroatoms. The van der Waals surface area contributed by atoms with Crippen LogP contribution in [0.15, 0.2) is 122 Å². The smallest absolute Gasteiger partial charge is 0.503 e. The number of aromatic nitrogens is 5. The first-order valence-electron chi connectivity index (χ1n) is 14.5.